The number of aromatic nitrogens is 1. The van der Waals surface area contributed by atoms with Crippen molar-refractivity contribution >= 4 is 12.2 Å². The fourth-order valence-electron chi connectivity index (χ4n) is 0.817. The molecule has 3 heteroatoms. The predicted molar refractivity (Wildman–Crippen MR) is 43.3 cm³/mol. The van der Waals surface area contributed by atoms with Crippen LogP contribution in [0.15, 0.2) is 18.2 Å². The number of nitrogens with zero attached hydrogens (tertiary/aromatic N) is 1. The second-order valence-electron chi connectivity index (χ2n) is 2.13. The van der Waals surface area contributed by atoms with E-state index in [-0.39, 0.29) is 0 Å². The Hall–Kier alpha value is -1.38. The van der Waals surface area contributed by atoms with Gasteiger partial charge in [-0.1, -0.05) is 13.0 Å². The van der Waals surface area contributed by atoms with E-state index in [1.165, 1.54) is 0 Å². The van der Waals surface area contributed by atoms with Crippen LogP contribution in [0.2, 0.25) is 0 Å². The van der Waals surface area contributed by atoms with E-state index in [1.807, 2.05) is 19.1 Å². The molecule has 0 aromatic carbocycles. The van der Waals surface area contributed by atoms with Crippen LogP contribution in [-0.4, -0.2) is 11.4 Å². The molecule has 58 valence electrons. The number of nitrogens with one attached hydrogen (secondary N) is 1. The number of carbonyl (C=O) groups is 1. The van der Waals surface area contributed by atoms with Gasteiger partial charge in [0, 0.05) is 5.69 Å². The summed E-state index contributed by atoms with van der Waals surface area (Å²) in [4.78, 5) is 14.2. The Morgan fingerprint density at radius 3 is 3.09 bits per heavy atom. The maximum absolute atomic E-state index is 10.0. The van der Waals surface area contributed by atoms with Crippen LogP contribution in [0.3, 0.4) is 0 Å². The lowest BCUT2D eigenvalue weighted by molar-refractivity contribution is -0.105. The topological polar surface area (TPSA) is 42.0 Å². The molecular formula is C8H10N2O. The van der Waals surface area contributed by atoms with Crippen LogP contribution in [0, 0.1) is 0 Å². The molecule has 1 N–H and O–H groups in total. The number of pyridine rings is 1. The number of carbonyl (C=O) groups excluding carboxylic acids is 1. The van der Waals surface area contributed by atoms with Gasteiger partial charge in [-0.15, -0.1) is 0 Å². The summed E-state index contributed by atoms with van der Waals surface area (Å²) < 4.78 is 0. The number of rotatable bonds is 3. The molecule has 11 heavy (non-hydrogen) atoms. The van der Waals surface area contributed by atoms with Gasteiger partial charge in [0.05, 0.1) is 0 Å². The second-order valence-corrected chi connectivity index (χ2v) is 2.13. The van der Waals surface area contributed by atoms with Crippen molar-refractivity contribution in [2.45, 2.75) is 13.3 Å². The molecule has 0 spiro atoms. The highest BCUT2D eigenvalue weighted by atomic mass is 16.1. The Morgan fingerprint density at radius 1 is 1.64 bits per heavy atom. The lowest BCUT2D eigenvalue weighted by Gasteiger charge is -1.98. The summed E-state index contributed by atoms with van der Waals surface area (Å²) in [6, 6.07) is 5.56. The summed E-state index contributed by atoms with van der Waals surface area (Å²) in [6.45, 7) is 2.02. The van der Waals surface area contributed by atoms with Crippen LogP contribution in [0.25, 0.3) is 0 Å². The molecule has 0 atom stereocenters. The molecule has 0 bridgehead atoms. The molecule has 0 radical (unpaired) electrons. The SMILES string of the molecule is CCc1cccc(NC=O)n1. The molecular weight excluding hydrogens is 140 g/mol. The number of hydrogen-bond donors (Lipinski definition) is 1. The number of anilines is 1. The lowest BCUT2D eigenvalue weighted by Crippen LogP contribution is -1.98. The van der Waals surface area contributed by atoms with Crippen LogP contribution in [0.1, 0.15) is 12.6 Å². The molecule has 1 aromatic rings. The van der Waals surface area contributed by atoms with Crippen molar-refractivity contribution in [1.82, 2.24) is 4.98 Å². The van der Waals surface area contributed by atoms with Gasteiger partial charge in [-0.2, -0.15) is 0 Å². The van der Waals surface area contributed by atoms with Gasteiger partial charge in [0.2, 0.25) is 6.41 Å². The molecule has 0 fully saturated rings. The largest absolute Gasteiger partial charge is 0.313 e. The monoisotopic (exact) mass is 150 g/mol. The van der Waals surface area contributed by atoms with Crippen molar-refractivity contribution < 1.29 is 4.79 Å². The van der Waals surface area contributed by atoms with Gasteiger partial charge in [-0.3, -0.25) is 4.79 Å². The van der Waals surface area contributed by atoms with E-state index in [0.29, 0.717) is 12.2 Å². The third kappa shape index (κ3) is 2.04. The summed E-state index contributed by atoms with van der Waals surface area (Å²) in [7, 11) is 0. The van der Waals surface area contributed by atoms with Gasteiger partial charge in [-0.25, -0.2) is 4.98 Å². The van der Waals surface area contributed by atoms with Crippen LogP contribution in [-0.2, 0) is 11.2 Å². The van der Waals surface area contributed by atoms with Crippen molar-refractivity contribution in [3.63, 3.8) is 0 Å². The average Bonchev–Trinajstić information content (AvgIpc) is 2.06. The first-order valence-corrected chi connectivity index (χ1v) is 3.53. The van der Waals surface area contributed by atoms with Gasteiger partial charge < -0.3 is 5.32 Å². The molecule has 0 unspecified atom stereocenters. The van der Waals surface area contributed by atoms with Crippen molar-refractivity contribution in [3.05, 3.63) is 23.9 Å². The van der Waals surface area contributed by atoms with E-state index in [2.05, 4.69) is 10.3 Å². The summed E-state index contributed by atoms with van der Waals surface area (Å²) in [5.41, 5.74) is 0.983. The van der Waals surface area contributed by atoms with E-state index >= 15 is 0 Å². The molecule has 0 aliphatic carbocycles. The van der Waals surface area contributed by atoms with E-state index in [9.17, 15) is 4.79 Å². The zero-order valence-corrected chi connectivity index (χ0v) is 6.37. The number of amides is 1. The van der Waals surface area contributed by atoms with Gasteiger partial charge in [0.15, 0.2) is 0 Å². The van der Waals surface area contributed by atoms with Crippen LogP contribution >= 0.6 is 0 Å². The molecule has 1 aromatic heterocycles. The fourth-order valence-corrected chi connectivity index (χ4v) is 0.817. The average molecular weight is 150 g/mol. The molecule has 0 saturated heterocycles. The summed E-state index contributed by atoms with van der Waals surface area (Å²) in [5.74, 6) is 0.611. The summed E-state index contributed by atoms with van der Waals surface area (Å²) in [5, 5.41) is 2.49. The molecule has 1 heterocycles. The maximum Gasteiger partial charge on any atom is 0.212 e. The third-order valence-electron chi connectivity index (χ3n) is 1.38. The van der Waals surface area contributed by atoms with E-state index in [1.54, 1.807) is 6.07 Å². The highest BCUT2D eigenvalue weighted by molar-refractivity contribution is 5.68. The van der Waals surface area contributed by atoms with Gasteiger partial charge >= 0.3 is 0 Å². The molecule has 0 aliphatic rings. The molecule has 3 nitrogen and oxygen atoms in total. The minimum atomic E-state index is 0.611. The second kappa shape index (κ2) is 3.71. The minimum Gasteiger partial charge on any atom is -0.313 e. The molecule has 0 aliphatic heterocycles. The lowest BCUT2D eigenvalue weighted by atomic mass is 10.3. The Balaban J connectivity index is 2.82. The van der Waals surface area contributed by atoms with Crippen molar-refractivity contribution in [3.8, 4) is 0 Å². The quantitative estimate of drug-likeness (QED) is 0.658. The van der Waals surface area contributed by atoms with Crippen molar-refractivity contribution in [2.24, 2.45) is 0 Å². The summed E-state index contributed by atoms with van der Waals surface area (Å²) >= 11 is 0. The predicted octanol–water partition coefficient (Wildman–Crippen LogP) is 1.21. The Labute approximate surface area is 65.5 Å². The van der Waals surface area contributed by atoms with E-state index < -0.39 is 0 Å². The Kier molecular flexibility index (Phi) is 2.60. The van der Waals surface area contributed by atoms with Crippen molar-refractivity contribution in [1.29, 1.82) is 0 Å². The first-order valence-electron chi connectivity index (χ1n) is 3.53. The first-order chi connectivity index (χ1) is 5.36. The molecule has 1 rings (SSSR count). The van der Waals surface area contributed by atoms with Crippen LogP contribution < -0.4 is 5.32 Å². The normalized spacial score (nSPS) is 9.18. The van der Waals surface area contributed by atoms with Crippen molar-refractivity contribution in [2.75, 3.05) is 5.32 Å². The van der Waals surface area contributed by atoms with Gasteiger partial charge in [0.1, 0.15) is 5.82 Å². The minimum absolute atomic E-state index is 0.611. The molecule has 0 saturated carbocycles. The zero-order valence-electron chi connectivity index (χ0n) is 6.37. The van der Waals surface area contributed by atoms with E-state index in [4.69, 9.17) is 0 Å². The Morgan fingerprint density at radius 2 is 2.45 bits per heavy atom. The highest BCUT2D eigenvalue weighted by Crippen LogP contribution is 2.03. The highest BCUT2D eigenvalue weighted by Gasteiger charge is 1.92. The van der Waals surface area contributed by atoms with Crippen LogP contribution in [0.4, 0.5) is 5.82 Å². The van der Waals surface area contributed by atoms with Crippen LogP contribution in [0.5, 0.6) is 0 Å². The Bertz CT molecular complexity index is 248. The smallest absolute Gasteiger partial charge is 0.212 e. The fraction of sp³-hybridized carbons (Fsp3) is 0.250. The van der Waals surface area contributed by atoms with Gasteiger partial charge in [0.25, 0.3) is 0 Å². The maximum atomic E-state index is 10.0. The zero-order chi connectivity index (χ0) is 8.10. The van der Waals surface area contributed by atoms with Gasteiger partial charge in [-0.05, 0) is 18.6 Å². The number of aryl methyl sites for hydroxylation is 1. The van der Waals surface area contributed by atoms with E-state index in [0.717, 1.165) is 12.1 Å². The standard InChI is InChI=1S/C8H10N2O/c1-2-7-4-3-5-8(10-7)9-6-11/h3-6H,2H2,1H3,(H,9,10,11). The number of hydrogen-bond acceptors (Lipinski definition) is 2. The summed E-state index contributed by atoms with van der Waals surface area (Å²) in [6.07, 6.45) is 1.51. The molecule has 1 amide bonds. The third-order valence-corrected chi connectivity index (χ3v) is 1.38. The first kappa shape index (κ1) is 7.72.